The fourth-order valence-electron chi connectivity index (χ4n) is 2.50. The Morgan fingerprint density at radius 1 is 1.52 bits per heavy atom. The van der Waals surface area contributed by atoms with Crippen molar-refractivity contribution in [2.24, 2.45) is 5.92 Å². The van der Waals surface area contributed by atoms with Crippen LogP contribution in [0.5, 0.6) is 5.75 Å². The summed E-state index contributed by atoms with van der Waals surface area (Å²) < 4.78 is 18.3. The quantitative estimate of drug-likeness (QED) is 0.818. The second-order valence-corrected chi connectivity index (χ2v) is 5.31. The molecule has 2 atom stereocenters. The van der Waals surface area contributed by atoms with Crippen molar-refractivity contribution in [3.05, 3.63) is 35.7 Å². The van der Waals surface area contributed by atoms with E-state index in [0.29, 0.717) is 18.0 Å². The summed E-state index contributed by atoms with van der Waals surface area (Å²) in [5.74, 6) is -0.153. The smallest absolute Gasteiger partial charge is 0.244 e. The molecule has 0 spiro atoms. The molecule has 21 heavy (non-hydrogen) atoms. The number of aliphatic hydroxyl groups is 1. The van der Waals surface area contributed by atoms with Gasteiger partial charge >= 0.3 is 0 Å². The van der Waals surface area contributed by atoms with Gasteiger partial charge in [-0.05, 0) is 49.0 Å². The molecular formula is C16H20FNO3. The van der Waals surface area contributed by atoms with Crippen molar-refractivity contribution in [1.82, 2.24) is 5.32 Å². The van der Waals surface area contributed by atoms with Gasteiger partial charge in [0.05, 0.1) is 13.2 Å². The Kier molecular flexibility index (Phi) is 5.33. The molecule has 0 bridgehead atoms. The second-order valence-electron chi connectivity index (χ2n) is 5.31. The number of methoxy groups -OCH3 is 1. The molecule has 1 aliphatic rings. The summed E-state index contributed by atoms with van der Waals surface area (Å²) in [7, 11) is 1.40. The molecule has 1 aromatic carbocycles. The van der Waals surface area contributed by atoms with Crippen LogP contribution in [0.3, 0.4) is 0 Å². The van der Waals surface area contributed by atoms with Crippen LogP contribution in [0.15, 0.2) is 24.3 Å². The first-order chi connectivity index (χ1) is 10.1. The van der Waals surface area contributed by atoms with Gasteiger partial charge in [-0.1, -0.05) is 6.07 Å². The van der Waals surface area contributed by atoms with Crippen LogP contribution in [0.2, 0.25) is 0 Å². The lowest BCUT2D eigenvalue weighted by Crippen LogP contribution is -2.26. The molecule has 0 aliphatic heterocycles. The summed E-state index contributed by atoms with van der Waals surface area (Å²) in [5, 5.41) is 12.2. The van der Waals surface area contributed by atoms with Crippen molar-refractivity contribution in [2.75, 3.05) is 13.7 Å². The molecule has 5 heteroatoms. The van der Waals surface area contributed by atoms with Gasteiger partial charge < -0.3 is 15.2 Å². The Labute approximate surface area is 123 Å². The lowest BCUT2D eigenvalue weighted by molar-refractivity contribution is -0.116. The predicted octanol–water partition coefficient (Wildman–Crippen LogP) is 2.12. The van der Waals surface area contributed by atoms with Crippen molar-refractivity contribution in [1.29, 1.82) is 0 Å². The molecule has 0 aromatic heterocycles. The molecular weight excluding hydrogens is 273 g/mol. The van der Waals surface area contributed by atoms with Crippen LogP contribution in [-0.2, 0) is 4.79 Å². The Morgan fingerprint density at radius 3 is 2.95 bits per heavy atom. The third kappa shape index (κ3) is 4.56. The number of nitrogens with one attached hydrogen (secondary N) is 1. The Balaban J connectivity index is 1.83. The molecule has 1 aliphatic carbocycles. The Morgan fingerprint density at radius 2 is 2.33 bits per heavy atom. The molecule has 1 amide bonds. The average Bonchev–Trinajstić information content (AvgIpc) is 2.89. The molecule has 0 radical (unpaired) electrons. The van der Waals surface area contributed by atoms with E-state index in [2.05, 4.69) is 5.32 Å². The lowest BCUT2D eigenvalue weighted by atomic mass is 10.1. The Hall–Kier alpha value is -1.88. The standard InChI is InChI=1S/C16H20FNO3/c1-21-15-6-3-11(9-14(15)17)4-7-16(20)18-10-12-2-5-13(19)8-12/h3-4,6-7,9,12-13,19H,2,5,8,10H2,1H3,(H,18,20)/b7-4+. The molecule has 1 fully saturated rings. The zero-order valence-electron chi connectivity index (χ0n) is 12.0. The number of ether oxygens (including phenoxy) is 1. The monoisotopic (exact) mass is 293 g/mol. The summed E-state index contributed by atoms with van der Waals surface area (Å²) >= 11 is 0. The van der Waals surface area contributed by atoms with E-state index in [1.54, 1.807) is 12.1 Å². The van der Waals surface area contributed by atoms with E-state index in [1.807, 2.05) is 0 Å². The molecule has 0 saturated heterocycles. The maximum atomic E-state index is 13.5. The number of aliphatic hydroxyl groups excluding tert-OH is 1. The van der Waals surface area contributed by atoms with Gasteiger partial charge in [0.15, 0.2) is 11.6 Å². The highest BCUT2D eigenvalue weighted by molar-refractivity contribution is 5.91. The fourth-order valence-corrected chi connectivity index (χ4v) is 2.50. The molecule has 1 saturated carbocycles. The van der Waals surface area contributed by atoms with Crippen LogP contribution in [-0.4, -0.2) is 30.8 Å². The topological polar surface area (TPSA) is 58.6 Å². The zero-order chi connectivity index (χ0) is 15.2. The first kappa shape index (κ1) is 15.5. The number of hydrogen-bond donors (Lipinski definition) is 2. The minimum absolute atomic E-state index is 0.177. The highest BCUT2D eigenvalue weighted by Gasteiger charge is 2.22. The maximum absolute atomic E-state index is 13.5. The number of carbonyl (C=O) groups excluding carboxylic acids is 1. The number of hydrogen-bond acceptors (Lipinski definition) is 3. The van der Waals surface area contributed by atoms with E-state index in [-0.39, 0.29) is 17.8 Å². The maximum Gasteiger partial charge on any atom is 0.244 e. The molecule has 2 N–H and O–H groups in total. The number of amides is 1. The van der Waals surface area contributed by atoms with Gasteiger partial charge in [-0.25, -0.2) is 4.39 Å². The van der Waals surface area contributed by atoms with Crippen LogP contribution in [0.1, 0.15) is 24.8 Å². The normalized spacial score (nSPS) is 21.7. The lowest BCUT2D eigenvalue weighted by Gasteiger charge is -2.09. The van der Waals surface area contributed by atoms with Gasteiger partial charge in [0.1, 0.15) is 0 Å². The SMILES string of the molecule is COc1ccc(/C=C/C(=O)NCC2CCC(O)C2)cc1F. The summed E-state index contributed by atoms with van der Waals surface area (Å²) in [4.78, 5) is 11.7. The molecule has 2 rings (SSSR count). The first-order valence-corrected chi connectivity index (χ1v) is 7.06. The summed E-state index contributed by atoms with van der Waals surface area (Å²) in [6, 6.07) is 4.52. The molecule has 4 nitrogen and oxygen atoms in total. The minimum atomic E-state index is -0.458. The van der Waals surface area contributed by atoms with Crippen molar-refractivity contribution in [3.63, 3.8) is 0 Å². The Bertz CT molecular complexity index is 530. The second kappa shape index (κ2) is 7.22. The number of halogens is 1. The first-order valence-electron chi connectivity index (χ1n) is 7.06. The molecule has 0 heterocycles. The third-order valence-electron chi connectivity index (χ3n) is 3.68. The van der Waals surface area contributed by atoms with E-state index in [9.17, 15) is 14.3 Å². The highest BCUT2D eigenvalue weighted by Crippen LogP contribution is 2.24. The van der Waals surface area contributed by atoms with E-state index in [4.69, 9.17) is 4.74 Å². The van der Waals surface area contributed by atoms with Gasteiger partial charge in [-0.3, -0.25) is 4.79 Å². The number of carbonyl (C=O) groups is 1. The molecule has 114 valence electrons. The minimum Gasteiger partial charge on any atom is -0.494 e. The van der Waals surface area contributed by atoms with Crippen LogP contribution < -0.4 is 10.1 Å². The summed E-state index contributed by atoms with van der Waals surface area (Å²) in [5.41, 5.74) is 0.597. The predicted molar refractivity (Wildman–Crippen MR) is 78.3 cm³/mol. The van der Waals surface area contributed by atoms with E-state index in [1.165, 1.54) is 25.3 Å². The highest BCUT2D eigenvalue weighted by atomic mass is 19.1. The summed E-state index contributed by atoms with van der Waals surface area (Å²) in [6.45, 7) is 0.567. The van der Waals surface area contributed by atoms with Gasteiger partial charge in [-0.2, -0.15) is 0 Å². The van der Waals surface area contributed by atoms with Crippen LogP contribution in [0.4, 0.5) is 4.39 Å². The van der Waals surface area contributed by atoms with Crippen LogP contribution >= 0.6 is 0 Å². The molecule has 1 aromatic rings. The van der Waals surface area contributed by atoms with Crippen molar-refractivity contribution in [3.8, 4) is 5.75 Å². The van der Waals surface area contributed by atoms with E-state index >= 15 is 0 Å². The van der Waals surface area contributed by atoms with Crippen LogP contribution in [0.25, 0.3) is 6.08 Å². The van der Waals surface area contributed by atoms with E-state index < -0.39 is 5.82 Å². The fraction of sp³-hybridized carbons (Fsp3) is 0.438. The van der Waals surface area contributed by atoms with Gasteiger partial charge in [0, 0.05) is 12.6 Å². The van der Waals surface area contributed by atoms with Gasteiger partial charge in [-0.15, -0.1) is 0 Å². The van der Waals surface area contributed by atoms with E-state index in [0.717, 1.165) is 19.3 Å². The number of rotatable bonds is 5. The largest absolute Gasteiger partial charge is 0.494 e. The van der Waals surface area contributed by atoms with Gasteiger partial charge in [0.25, 0.3) is 0 Å². The van der Waals surface area contributed by atoms with Crippen LogP contribution in [0, 0.1) is 11.7 Å². The number of benzene rings is 1. The van der Waals surface area contributed by atoms with Crippen molar-refractivity contribution < 1.29 is 19.0 Å². The van der Waals surface area contributed by atoms with Gasteiger partial charge in [0.2, 0.25) is 5.91 Å². The van der Waals surface area contributed by atoms with Crippen molar-refractivity contribution >= 4 is 12.0 Å². The average molecular weight is 293 g/mol. The van der Waals surface area contributed by atoms with Crippen molar-refractivity contribution in [2.45, 2.75) is 25.4 Å². The molecule has 2 unspecified atom stereocenters. The zero-order valence-corrected chi connectivity index (χ0v) is 12.0. The summed E-state index contributed by atoms with van der Waals surface area (Å²) in [6.07, 6.45) is 5.20. The third-order valence-corrected chi connectivity index (χ3v) is 3.68.